The molecule has 3 fully saturated rings. The van der Waals surface area contributed by atoms with Crippen LogP contribution in [0.4, 0.5) is 4.79 Å². The van der Waals surface area contributed by atoms with Crippen molar-refractivity contribution in [1.29, 1.82) is 0 Å². The van der Waals surface area contributed by atoms with E-state index in [9.17, 15) is 18.9 Å². The Bertz CT molecular complexity index is 1220. The van der Waals surface area contributed by atoms with E-state index in [-0.39, 0.29) is 32.3 Å². The smallest absolute Gasteiger partial charge is 0.410 e. The number of cyclic esters (lactones) is 1. The van der Waals surface area contributed by atoms with Crippen LogP contribution in [0.1, 0.15) is 93.4 Å². The lowest BCUT2D eigenvalue weighted by atomic mass is 9.76. The standard InChI is InChI=1S/C34H58N5O9P/c1-11-25-34(7)28(39(32(42)48-34)18-13-12-17-36-37-35)20(2)15-14-16-33(6,44-10)29(22(4)26(40)23(5)30(41)46-25)47-31-27(49-43)24(38(8)9)19-21(3)45-31/h20-25,27-29,31H,11-19H2,1-10H3/t20-,21?,22-,23+,24?,25+,27?,28+,29+,31-,33+,34+/m0/s1. The van der Waals surface area contributed by atoms with Gasteiger partial charge >= 0.3 is 12.1 Å². The molecule has 3 aliphatic rings. The Morgan fingerprint density at radius 2 is 1.84 bits per heavy atom. The molecule has 3 aliphatic heterocycles. The minimum Gasteiger partial charge on any atom is -0.458 e. The van der Waals surface area contributed by atoms with Crippen LogP contribution in [0.2, 0.25) is 0 Å². The maximum Gasteiger partial charge on any atom is 0.410 e. The van der Waals surface area contributed by atoms with E-state index in [0.717, 1.165) is 0 Å². The molecule has 49 heavy (non-hydrogen) atoms. The number of rotatable bonds is 11. The van der Waals surface area contributed by atoms with Gasteiger partial charge in [-0.05, 0) is 91.8 Å². The molecule has 0 bridgehead atoms. The third kappa shape index (κ3) is 9.13. The van der Waals surface area contributed by atoms with E-state index in [4.69, 9.17) is 29.2 Å². The molecule has 0 radical (unpaired) electrons. The van der Waals surface area contributed by atoms with Gasteiger partial charge in [-0.1, -0.05) is 32.3 Å². The number of carbonyl (C=O) groups excluding carboxylic acids is 3. The quantitative estimate of drug-likeness (QED) is 0.0460. The molecule has 0 aromatic rings. The van der Waals surface area contributed by atoms with Crippen molar-refractivity contribution in [2.75, 3.05) is 34.3 Å². The summed E-state index contributed by atoms with van der Waals surface area (Å²) in [7, 11) is 5.31. The Morgan fingerprint density at radius 3 is 2.43 bits per heavy atom. The maximum atomic E-state index is 14.1. The third-order valence-electron chi connectivity index (χ3n) is 11.0. The van der Waals surface area contributed by atoms with Gasteiger partial charge < -0.3 is 33.5 Å². The van der Waals surface area contributed by atoms with Crippen molar-refractivity contribution in [3.05, 3.63) is 10.4 Å². The topological polar surface area (TPSA) is 170 Å². The zero-order chi connectivity index (χ0) is 36.7. The molecule has 3 heterocycles. The highest BCUT2D eigenvalue weighted by Gasteiger charge is 2.58. The van der Waals surface area contributed by atoms with Crippen LogP contribution in [0.3, 0.4) is 0 Å². The van der Waals surface area contributed by atoms with Crippen LogP contribution < -0.4 is 0 Å². The lowest BCUT2D eigenvalue weighted by Gasteiger charge is -2.46. The number of nitrogens with zero attached hydrogens (tertiary/aromatic N) is 5. The van der Waals surface area contributed by atoms with Crippen LogP contribution >= 0.6 is 8.46 Å². The summed E-state index contributed by atoms with van der Waals surface area (Å²) in [6.07, 6.45) is 0.878. The van der Waals surface area contributed by atoms with E-state index in [1.807, 2.05) is 46.7 Å². The molecule has 12 atom stereocenters. The van der Waals surface area contributed by atoms with E-state index in [2.05, 4.69) is 16.9 Å². The molecule has 0 aromatic carbocycles. The fourth-order valence-corrected chi connectivity index (χ4v) is 8.88. The predicted molar refractivity (Wildman–Crippen MR) is 183 cm³/mol. The second-order valence-electron chi connectivity index (χ2n) is 14.7. The Labute approximate surface area is 293 Å². The monoisotopic (exact) mass is 711 g/mol. The number of azide groups is 1. The van der Waals surface area contributed by atoms with Crippen molar-refractivity contribution in [2.24, 2.45) is 22.9 Å². The molecule has 14 nitrogen and oxygen atoms in total. The number of esters is 1. The Hall–Kier alpha value is -2.34. The minimum absolute atomic E-state index is 0.0757. The zero-order valence-corrected chi connectivity index (χ0v) is 31.9. The van der Waals surface area contributed by atoms with E-state index in [0.29, 0.717) is 58.0 Å². The number of hydrogen-bond donors (Lipinski definition) is 0. The fraction of sp³-hybridized carbons (Fsp3) is 0.912. The molecule has 3 unspecified atom stereocenters. The summed E-state index contributed by atoms with van der Waals surface area (Å²) in [6, 6.07) is -0.512. The van der Waals surface area contributed by atoms with Crippen molar-refractivity contribution < 1.29 is 42.6 Å². The van der Waals surface area contributed by atoms with Gasteiger partial charge in [0.05, 0.1) is 23.9 Å². The zero-order valence-electron chi connectivity index (χ0n) is 31.0. The van der Waals surface area contributed by atoms with Crippen molar-refractivity contribution in [3.63, 3.8) is 0 Å². The highest BCUT2D eigenvalue weighted by Crippen LogP contribution is 2.43. The normalized spacial score (nSPS) is 39.6. The van der Waals surface area contributed by atoms with Gasteiger partial charge in [-0.3, -0.25) is 14.2 Å². The molecule has 15 heteroatoms. The highest BCUT2D eigenvalue weighted by atomic mass is 31.1. The molecule has 278 valence electrons. The highest BCUT2D eigenvalue weighted by molar-refractivity contribution is 7.24. The fourth-order valence-electron chi connectivity index (χ4n) is 8.11. The molecule has 0 spiro atoms. The largest absolute Gasteiger partial charge is 0.458 e. The van der Waals surface area contributed by atoms with Gasteiger partial charge in [0.15, 0.2) is 26.1 Å². The molecule has 3 rings (SSSR count). The van der Waals surface area contributed by atoms with Gasteiger partial charge in [0.25, 0.3) is 0 Å². The minimum atomic E-state index is -1.16. The number of ketones is 1. The molecular formula is C34H58N5O9P. The summed E-state index contributed by atoms with van der Waals surface area (Å²) in [4.78, 5) is 47.9. The van der Waals surface area contributed by atoms with Crippen LogP contribution in [0.25, 0.3) is 10.4 Å². The summed E-state index contributed by atoms with van der Waals surface area (Å²) in [5.74, 6) is -3.13. The van der Waals surface area contributed by atoms with E-state index in [1.54, 1.807) is 18.9 Å². The number of carbonyl (C=O) groups is 3. The number of hydrogen-bond acceptors (Lipinski definition) is 11. The first-order chi connectivity index (χ1) is 23.1. The van der Waals surface area contributed by atoms with Gasteiger partial charge in [-0.2, -0.15) is 0 Å². The van der Waals surface area contributed by atoms with Crippen molar-refractivity contribution in [1.82, 2.24) is 9.80 Å². The SMILES string of the molecule is CC[C@H]1OC(=O)[C@H](C)C(=O)[C@H](C)[C@@H](O[C@@H]2OC(C)CC(N(C)C)C2P=O)[C@](C)(OC)CCC[C@H](C)[C@H]2N(CCCCN=[N+]=[N-])C(=O)O[C@]12C. The van der Waals surface area contributed by atoms with E-state index >= 15 is 0 Å². The van der Waals surface area contributed by atoms with Crippen LogP contribution in [0.15, 0.2) is 5.11 Å². The number of amides is 1. The van der Waals surface area contributed by atoms with Crippen LogP contribution in [-0.2, 0) is 37.8 Å². The number of Topliss-reactive ketones (excluding diaryl/α,β-unsaturated/α-hetero) is 1. The number of methoxy groups -OCH3 is 1. The van der Waals surface area contributed by atoms with Gasteiger partial charge in [0.2, 0.25) is 0 Å². The average molecular weight is 712 g/mol. The van der Waals surface area contributed by atoms with Gasteiger partial charge in [0, 0.05) is 37.1 Å². The summed E-state index contributed by atoms with van der Waals surface area (Å²) < 4.78 is 43.9. The maximum absolute atomic E-state index is 14.1. The predicted octanol–water partition coefficient (Wildman–Crippen LogP) is 6.16. The lowest BCUT2D eigenvalue weighted by molar-refractivity contribution is -0.259. The van der Waals surface area contributed by atoms with Crippen molar-refractivity contribution in [2.45, 2.75) is 147 Å². The molecule has 0 saturated carbocycles. The lowest BCUT2D eigenvalue weighted by Crippen LogP contribution is -2.58. The first kappa shape index (κ1) is 41.1. The van der Waals surface area contributed by atoms with Crippen LogP contribution in [0.5, 0.6) is 0 Å². The molecule has 0 aliphatic carbocycles. The molecule has 0 N–H and O–H groups in total. The van der Waals surface area contributed by atoms with Crippen molar-refractivity contribution in [3.8, 4) is 0 Å². The Balaban J connectivity index is 2.02. The first-order valence-electron chi connectivity index (χ1n) is 17.7. The van der Waals surface area contributed by atoms with Crippen molar-refractivity contribution >= 4 is 26.3 Å². The van der Waals surface area contributed by atoms with Gasteiger partial charge in [-0.25, -0.2) is 4.79 Å². The number of unbranched alkanes of at least 4 members (excludes halogenated alkanes) is 1. The Kier molecular flexibility index (Phi) is 14.9. The first-order valence-corrected chi connectivity index (χ1v) is 18.6. The molecule has 0 aromatic heterocycles. The average Bonchev–Trinajstić information content (AvgIpc) is 3.32. The van der Waals surface area contributed by atoms with E-state index in [1.165, 1.54) is 6.92 Å². The molecular weight excluding hydrogens is 653 g/mol. The van der Waals surface area contributed by atoms with Gasteiger partial charge in [0.1, 0.15) is 17.7 Å². The number of ether oxygens (including phenoxy) is 5. The molecule has 1 amide bonds. The second kappa shape index (κ2) is 17.7. The third-order valence-corrected chi connectivity index (χ3v) is 11.8. The summed E-state index contributed by atoms with van der Waals surface area (Å²) >= 11 is 0. The second-order valence-corrected chi connectivity index (χ2v) is 15.5. The summed E-state index contributed by atoms with van der Waals surface area (Å²) in [6.45, 7) is 13.6. The van der Waals surface area contributed by atoms with Gasteiger partial charge in [-0.15, -0.1) is 0 Å². The Morgan fingerprint density at radius 1 is 1.14 bits per heavy atom. The number of fused-ring (bicyclic) bond motifs is 1. The van der Waals surface area contributed by atoms with Crippen LogP contribution in [-0.4, -0.2) is 115 Å². The summed E-state index contributed by atoms with van der Waals surface area (Å²) in [5, 5.41) is 3.60. The van der Waals surface area contributed by atoms with E-state index < -0.39 is 65.3 Å². The summed E-state index contributed by atoms with van der Waals surface area (Å²) in [5.41, 5.74) is 5.98. The van der Waals surface area contributed by atoms with Crippen LogP contribution in [0, 0.1) is 17.8 Å². The molecule has 3 saturated heterocycles.